The van der Waals surface area contributed by atoms with Crippen LogP contribution in [0.3, 0.4) is 0 Å². The van der Waals surface area contributed by atoms with E-state index in [9.17, 15) is 14.4 Å². The van der Waals surface area contributed by atoms with Crippen LogP contribution in [0.4, 0.5) is 17.2 Å². The largest absolute Gasteiger partial charge is 0.462 e. The smallest absolute Gasteiger partial charge is 0.343 e. The van der Waals surface area contributed by atoms with E-state index < -0.39 is 11.9 Å². The second-order valence-corrected chi connectivity index (χ2v) is 7.86. The molecular weight excluding hydrogens is 398 g/mol. The minimum Gasteiger partial charge on any atom is -0.462 e. The summed E-state index contributed by atoms with van der Waals surface area (Å²) in [7, 11) is 1.63. The second-order valence-electron chi connectivity index (χ2n) is 7.86. The lowest BCUT2D eigenvalue weighted by atomic mass is 10.1. The van der Waals surface area contributed by atoms with E-state index in [0.717, 1.165) is 24.5 Å². The van der Waals surface area contributed by atoms with Crippen molar-refractivity contribution in [2.45, 2.75) is 26.2 Å². The fourth-order valence-corrected chi connectivity index (χ4v) is 4.11. The Morgan fingerprint density at radius 3 is 2.52 bits per heavy atom. The molecule has 3 heterocycles. The maximum absolute atomic E-state index is 12.9. The summed E-state index contributed by atoms with van der Waals surface area (Å²) < 4.78 is 6.43. The van der Waals surface area contributed by atoms with Gasteiger partial charge in [-0.1, -0.05) is 0 Å². The van der Waals surface area contributed by atoms with Gasteiger partial charge in [-0.3, -0.25) is 14.3 Å². The summed E-state index contributed by atoms with van der Waals surface area (Å²) in [5, 5.41) is 6.79. The van der Waals surface area contributed by atoms with E-state index in [1.165, 1.54) is 23.7 Å². The lowest BCUT2D eigenvalue weighted by Crippen LogP contribution is -2.29. The van der Waals surface area contributed by atoms with Crippen LogP contribution in [-0.2, 0) is 21.4 Å². The van der Waals surface area contributed by atoms with Gasteiger partial charge in [0, 0.05) is 44.5 Å². The SMILES string of the molecule is CCOC(=O)c1cnn(C)c1NC(=O)C1CC(=O)N(c2ccc(N3CCCC3)cc2)C1. The first kappa shape index (κ1) is 20.9. The predicted molar refractivity (Wildman–Crippen MR) is 116 cm³/mol. The van der Waals surface area contributed by atoms with Crippen molar-refractivity contribution < 1.29 is 19.1 Å². The Morgan fingerprint density at radius 1 is 1.16 bits per heavy atom. The summed E-state index contributed by atoms with van der Waals surface area (Å²) in [6.07, 6.45) is 3.89. The fourth-order valence-electron chi connectivity index (χ4n) is 4.11. The zero-order valence-corrected chi connectivity index (χ0v) is 17.8. The zero-order chi connectivity index (χ0) is 22.0. The van der Waals surface area contributed by atoms with Crippen molar-refractivity contribution in [3.05, 3.63) is 36.0 Å². The summed E-state index contributed by atoms with van der Waals surface area (Å²) >= 11 is 0. The third-order valence-electron chi connectivity index (χ3n) is 5.80. The first-order chi connectivity index (χ1) is 15.0. The Bertz CT molecular complexity index is 978. The van der Waals surface area contributed by atoms with Crippen LogP contribution in [0.5, 0.6) is 0 Å². The highest BCUT2D eigenvalue weighted by molar-refractivity contribution is 6.05. The molecule has 0 radical (unpaired) electrons. The number of aryl methyl sites for hydroxylation is 1. The molecule has 2 amide bonds. The molecule has 2 aliphatic heterocycles. The fraction of sp³-hybridized carbons (Fsp3) is 0.455. The second kappa shape index (κ2) is 8.79. The number of nitrogens with one attached hydrogen (secondary N) is 1. The number of anilines is 3. The quantitative estimate of drug-likeness (QED) is 0.713. The molecule has 0 spiro atoms. The zero-order valence-electron chi connectivity index (χ0n) is 17.8. The Balaban J connectivity index is 1.43. The molecule has 1 atom stereocenters. The molecule has 2 aromatic rings. The van der Waals surface area contributed by atoms with E-state index in [1.54, 1.807) is 18.9 Å². The minimum absolute atomic E-state index is 0.0929. The van der Waals surface area contributed by atoms with Crippen LogP contribution in [0, 0.1) is 5.92 Å². The summed E-state index contributed by atoms with van der Waals surface area (Å²) in [5.74, 6) is -1.21. The third kappa shape index (κ3) is 4.26. The summed E-state index contributed by atoms with van der Waals surface area (Å²) in [5.41, 5.74) is 2.14. The van der Waals surface area contributed by atoms with E-state index >= 15 is 0 Å². The Kier molecular flexibility index (Phi) is 5.92. The number of esters is 1. The number of rotatable bonds is 6. The molecule has 1 aromatic carbocycles. The number of benzene rings is 1. The number of carbonyl (C=O) groups is 3. The lowest BCUT2D eigenvalue weighted by molar-refractivity contribution is -0.122. The monoisotopic (exact) mass is 425 g/mol. The summed E-state index contributed by atoms with van der Waals surface area (Å²) in [6, 6.07) is 7.93. The molecule has 0 aliphatic carbocycles. The number of amides is 2. The molecule has 2 saturated heterocycles. The topological polar surface area (TPSA) is 96.8 Å². The van der Waals surface area contributed by atoms with Gasteiger partial charge in [0.05, 0.1) is 18.7 Å². The van der Waals surface area contributed by atoms with Crippen LogP contribution >= 0.6 is 0 Å². The van der Waals surface area contributed by atoms with Crippen LogP contribution in [-0.4, -0.2) is 53.8 Å². The minimum atomic E-state index is -0.548. The van der Waals surface area contributed by atoms with Gasteiger partial charge >= 0.3 is 5.97 Å². The van der Waals surface area contributed by atoms with Gasteiger partial charge in [0.2, 0.25) is 11.8 Å². The van der Waals surface area contributed by atoms with Gasteiger partial charge in [-0.25, -0.2) is 4.79 Å². The number of hydrogen-bond donors (Lipinski definition) is 1. The lowest BCUT2D eigenvalue weighted by Gasteiger charge is -2.20. The van der Waals surface area contributed by atoms with Gasteiger partial charge in [-0.15, -0.1) is 0 Å². The van der Waals surface area contributed by atoms with Gasteiger partial charge in [-0.05, 0) is 44.0 Å². The van der Waals surface area contributed by atoms with Crippen molar-refractivity contribution in [3.63, 3.8) is 0 Å². The van der Waals surface area contributed by atoms with Gasteiger partial charge in [0.25, 0.3) is 0 Å². The molecule has 4 rings (SSSR count). The number of ether oxygens (including phenoxy) is 1. The molecule has 0 saturated carbocycles. The van der Waals surface area contributed by atoms with E-state index in [0.29, 0.717) is 6.54 Å². The molecule has 1 unspecified atom stereocenters. The summed E-state index contributed by atoms with van der Waals surface area (Å²) in [6.45, 7) is 4.35. The highest BCUT2D eigenvalue weighted by Crippen LogP contribution is 2.29. The molecule has 2 fully saturated rings. The Hall–Kier alpha value is -3.36. The van der Waals surface area contributed by atoms with Crippen molar-refractivity contribution in [1.29, 1.82) is 0 Å². The van der Waals surface area contributed by atoms with Crippen molar-refractivity contribution in [3.8, 4) is 0 Å². The van der Waals surface area contributed by atoms with Crippen molar-refractivity contribution >= 4 is 35.0 Å². The molecule has 9 nitrogen and oxygen atoms in total. The van der Waals surface area contributed by atoms with Gasteiger partial charge in [-0.2, -0.15) is 5.10 Å². The number of carbonyl (C=O) groups excluding carboxylic acids is 3. The summed E-state index contributed by atoms with van der Waals surface area (Å²) in [4.78, 5) is 41.5. The molecule has 1 N–H and O–H groups in total. The number of aromatic nitrogens is 2. The Morgan fingerprint density at radius 2 is 1.84 bits per heavy atom. The average Bonchev–Trinajstić information content (AvgIpc) is 3.50. The molecule has 9 heteroatoms. The molecular formula is C22H27N5O4. The van der Waals surface area contributed by atoms with Crippen LogP contribution in [0.2, 0.25) is 0 Å². The highest BCUT2D eigenvalue weighted by Gasteiger charge is 2.36. The molecule has 2 aliphatic rings. The van der Waals surface area contributed by atoms with Gasteiger partial charge in [0.1, 0.15) is 11.4 Å². The average molecular weight is 425 g/mol. The van der Waals surface area contributed by atoms with Crippen LogP contribution in [0.25, 0.3) is 0 Å². The normalized spacial score (nSPS) is 18.5. The van der Waals surface area contributed by atoms with Crippen LogP contribution in [0.1, 0.15) is 36.5 Å². The molecule has 1 aromatic heterocycles. The van der Waals surface area contributed by atoms with E-state index in [2.05, 4.69) is 15.3 Å². The van der Waals surface area contributed by atoms with Crippen LogP contribution < -0.4 is 15.1 Å². The van der Waals surface area contributed by atoms with Crippen molar-refractivity contribution in [1.82, 2.24) is 9.78 Å². The first-order valence-electron chi connectivity index (χ1n) is 10.6. The predicted octanol–water partition coefficient (Wildman–Crippen LogP) is 2.19. The van der Waals surface area contributed by atoms with E-state index in [1.807, 2.05) is 24.3 Å². The molecule has 164 valence electrons. The molecule has 31 heavy (non-hydrogen) atoms. The standard InChI is InChI=1S/C22H27N5O4/c1-3-31-22(30)18-13-23-25(2)20(18)24-21(29)15-12-19(28)27(14-15)17-8-6-16(7-9-17)26-10-4-5-11-26/h6-9,13,15H,3-5,10-12,14H2,1-2H3,(H,24,29). The maximum atomic E-state index is 12.9. The van der Waals surface area contributed by atoms with E-state index in [4.69, 9.17) is 4.74 Å². The maximum Gasteiger partial charge on any atom is 0.343 e. The third-order valence-corrected chi connectivity index (χ3v) is 5.80. The Labute approximate surface area is 180 Å². The number of hydrogen-bond acceptors (Lipinski definition) is 6. The first-order valence-corrected chi connectivity index (χ1v) is 10.6. The van der Waals surface area contributed by atoms with Gasteiger partial charge < -0.3 is 19.9 Å². The highest BCUT2D eigenvalue weighted by atomic mass is 16.5. The number of nitrogens with zero attached hydrogens (tertiary/aromatic N) is 4. The van der Waals surface area contributed by atoms with Crippen LogP contribution in [0.15, 0.2) is 30.5 Å². The van der Waals surface area contributed by atoms with Gasteiger partial charge in [0.15, 0.2) is 0 Å². The molecule has 0 bridgehead atoms. The van der Waals surface area contributed by atoms with Crippen molar-refractivity contribution in [2.75, 3.05) is 41.4 Å². The van der Waals surface area contributed by atoms with E-state index in [-0.39, 0.29) is 36.2 Å². The van der Waals surface area contributed by atoms with Crippen molar-refractivity contribution in [2.24, 2.45) is 13.0 Å².